The fraction of sp³-hybridized carbons (Fsp3) is 0.760. The van der Waals surface area contributed by atoms with Crippen molar-refractivity contribution >= 4 is 0 Å². The summed E-state index contributed by atoms with van der Waals surface area (Å²) in [5.74, 6) is 0. The Kier molecular flexibility index (Phi) is 11.8. The van der Waals surface area contributed by atoms with Crippen molar-refractivity contribution in [3.05, 3.63) is 35.9 Å². The minimum atomic E-state index is 0.936. The maximum absolute atomic E-state index is 5.66. The third-order valence-corrected chi connectivity index (χ3v) is 6.27. The Hall–Kier alpha value is -0.860. The van der Waals surface area contributed by atoms with Gasteiger partial charge in [-0.1, -0.05) is 101 Å². The second-order valence-corrected chi connectivity index (χ2v) is 8.66. The van der Waals surface area contributed by atoms with E-state index in [0.717, 1.165) is 13.2 Å². The molecule has 0 saturated carbocycles. The van der Waals surface area contributed by atoms with Gasteiger partial charge in [0.05, 0.1) is 19.8 Å². The minimum absolute atomic E-state index is 0.936. The molecule has 0 atom stereocenters. The minimum Gasteiger partial charge on any atom is -0.370 e. The molecule has 27 heavy (non-hydrogen) atoms. The Morgan fingerprint density at radius 2 is 1.22 bits per heavy atom. The van der Waals surface area contributed by atoms with Crippen LogP contribution in [0.1, 0.15) is 89.5 Å². The molecule has 0 radical (unpaired) electrons. The number of unbranched alkanes of at least 4 members (excludes halogenated alkanes) is 11. The lowest BCUT2D eigenvalue weighted by molar-refractivity contribution is -0.947. The van der Waals surface area contributed by atoms with Crippen LogP contribution in [0.15, 0.2) is 30.3 Å². The van der Waals surface area contributed by atoms with Crippen LogP contribution in [0.3, 0.4) is 0 Å². The smallest absolute Gasteiger partial charge is 0.104 e. The van der Waals surface area contributed by atoms with Gasteiger partial charge in [-0.15, -0.1) is 0 Å². The Morgan fingerprint density at radius 1 is 0.704 bits per heavy atom. The van der Waals surface area contributed by atoms with Gasteiger partial charge in [-0.3, -0.25) is 0 Å². The molecule has 1 heterocycles. The van der Waals surface area contributed by atoms with Gasteiger partial charge in [0.2, 0.25) is 0 Å². The Bertz CT molecular complexity index is 453. The van der Waals surface area contributed by atoms with Crippen LogP contribution < -0.4 is 0 Å². The van der Waals surface area contributed by atoms with Crippen LogP contribution in [0.25, 0.3) is 0 Å². The largest absolute Gasteiger partial charge is 0.370 e. The van der Waals surface area contributed by atoms with Crippen molar-refractivity contribution in [1.29, 1.82) is 0 Å². The summed E-state index contributed by atoms with van der Waals surface area (Å²) in [5.41, 5.74) is 1.48. The molecular formula is C25H44NO+. The summed E-state index contributed by atoms with van der Waals surface area (Å²) >= 11 is 0. The number of benzene rings is 1. The zero-order chi connectivity index (χ0) is 19.0. The zero-order valence-corrected chi connectivity index (χ0v) is 18.0. The number of morpholine rings is 1. The molecule has 2 nitrogen and oxygen atoms in total. The van der Waals surface area contributed by atoms with E-state index in [1.807, 2.05) is 0 Å². The average molecular weight is 375 g/mol. The summed E-state index contributed by atoms with van der Waals surface area (Å²) < 4.78 is 6.90. The monoisotopic (exact) mass is 374 g/mol. The van der Waals surface area contributed by atoms with E-state index >= 15 is 0 Å². The van der Waals surface area contributed by atoms with Crippen molar-refractivity contribution < 1.29 is 9.22 Å². The predicted octanol–water partition coefficient (Wildman–Crippen LogP) is 6.73. The Balaban J connectivity index is 1.54. The molecule has 0 aromatic heterocycles. The summed E-state index contributed by atoms with van der Waals surface area (Å²) in [6.07, 6.45) is 17.2. The van der Waals surface area contributed by atoms with Crippen LogP contribution in [-0.4, -0.2) is 37.3 Å². The quantitative estimate of drug-likeness (QED) is 0.244. The molecule has 0 N–H and O–H groups in total. The topological polar surface area (TPSA) is 9.23 Å². The summed E-state index contributed by atoms with van der Waals surface area (Å²) in [6.45, 7) is 9.05. The van der Waals surface area contributed by atoms with E-state index in [1.165, 1.54) is 113 Å². The van der Waals surface area contributed by atoms with Crippen molar-refractivity contribution in [1.82, 2.24) is 0 Å². The molecule has 1 aliphatic rings. The van der Waals surface area contributed by atoms with Crippen molar-refractivity contribution in [2.24, 2.45) is 0 Å². The summed E-state index contributed by atoms with van der Waals surface area (Å²) in [7, 11) is 0. The van der Waals surface area contributed by atoms with Gasteiger partial charge in [0.25, 0.3) is 0 Å². The van der Waals surface area contributed by atoms with E-state index in [-0.39, 0.29) is 0 Å². The maximum Gasteiger partial charge on any atom is 0.104 e. The fourth-order valence-corrected chi connectivity index (χ4v) is 4.45. The molecule has 2 rings (SSSR count). The highest BCUT2D eigenvalue weighted by molar-refractivity contribution is 5.13. The third kappa shape index (κ3) is 9.76. The first-order valence-corrected chi connectivity index (χ1v) is 11.8. The highest BCUT2D eigenvalue weighted by atomic mass is 16.5. The fourth-order valence-electron chi connectivity index (χ4n) is 4.45. The standard InChI is InChI=1S/C25H44NO/c1-2-3-4-5-6-7-8-9-10-11-12-16-19-26(20-22-27-23-21-26)24-25-17-14-13-15-18-25/h13-15,17-18H,2-12,16,19-24H2,1H3/q+1. The molecule has 1 fully saturated rings. The van der Waals surface area contributed by atoms with Gasteiger partial charge in [-0.2, -0.15) is 0 Å². The molecule has 154 valence electrons. The molecule has 1 aromatic rings. The van der Waals surface area contributed by atoms with E-state index < -0.39 is 0 Å². The zero-order valence-electron chi connectivity index (χ0n) is 18.0. The molecular weight excluding hydrogens is 330 g/mol. The van der Waals surface area contributed by atoms with Gasteiger partial charge < -0.3 is 9.22 Å². The van der Waals surface area contributed by atoms with Crippen molar-refractivity contribution in [2.45, 2.75) is 90.5 Å². The number of ether oxygens (including phenoxy) is 1. The van der Waals surface area contributed by atoms with Gasteiger partial charge in [0, 0.05) is 5.56 Å². The number of quaternary nitrogens is 1. The number of hydrogen-bond acceptors (Lipinski definition) is 1. The highest BCUT2D eigenvalue weighted by Crippen LogP contribution is 2.20. The second kappa shape index (κ2) is 14.2. The normalized spacial score (nSPS) is 16.5. The lowest BCUT2D eigenvalue weighted by atomic mass is 10.0. The summed E-state index contributed by atoms with van der Waals surface area (Å²) in [5, 5.41) is 0. The first-order chi connectivity index (χ1) is 13.3. The molecule has 0 unspecified atom stereocenters. The van der Waals surface area contributed by atoms with Crippen molar-refractivity contribution in [3.63, 3.8) is 0 Å². The SMILES string of the molecule is CCCCCCCCCCCCCC[N+]1(Cc2ccccc2)CCOCC1. The highest BCUT2D eigenvalue weighted by Gasteiger charge is 2.29. The maximum atomic E-state index is 5.66. The van der Waals surface area contributed by atoms with Crippen LogP contribution >= 0.6 is 0 Å². The molecule has 1 aromatic carbocycles. The van der Waals surface area contributed by atoms with Gasteiger partial charge >= 0.3 is 0 Å². The predicted molar refractivity (Wildman–Crippen MR) is 117 cm³/mol. The lowest BCUT2D eigenvalue weighted by Crippen LogP contribution is -2.54. The number of nitrogens with zero attached hydrogens (tertiary/aromatic N) is 1. The van der Waals surface area contributed by atoms with E-state index in [4.69, 9.17) is 4.74 Å². The van der Waals surface area contributed by atoms with Gasteiger partial charge in [0.1, 0.15) is 19.6 Å². The molecule has 1 saturated heterocycles. The van der Waals surface area contributed by atoms with Crippen LogP contribution in [-0.2, 0) is 11.3 Å². The van der Waals surface area contributed by atoms with Crippen LogP contribution in [0.4, 0.5) is 0 Å². The molecule has 2 heteroatoms. The van der Waals surface area contributed by atoms with Gasteiger partial charge in [-0.25, -0.2) is 0 Å². The van der Waals surface area contributed by atoms with Gasteiger partial charge in [0.15, 0.2) is 0 Å². The van der Waals surface area contributed by atoms with Crippen LogP contribution in [0, 0.1) is 0 Å². The average Bonchev–Trinajstić information content (AvgIpc) is 2.70. The van der Waals surface area contributed by atoms with E-state index in [0.29, 0.717) is 0 Å². The molecule has 0 spiro atoms. The Labute approximate surface area is 168 Å². The first kappa shape index (κ1) is 22.4. The summed E-state index contributed by atoms with van der Waals surface area (Å²) in [6, 6.07) is 11.1. The third-order valence-electron chi connectivity index (χ3n) is 6.27. The van der Waals surface area contributed by atoms with Crippen molar-refractivity contribution in [2.75, 3.05) is 32.8 Å². The molecule has 1 aliphatic heterocycles. The van der Waals surface area contributed by atoms with E-state index in [2.05, 4.69) is 37.3 Å². The van der Waals surface area contributed by atoms with E-state index in [9.17, 15) is 0 Å². The number of hydrogen-bond donors (Lipinski definition) is 0. The lowest BCUT2D eigenvalue weighted by Gasteiger charge is -2.41. The molecule has 0 bridgehead atoms. The van der Waals surface area contributed by atoms with Gasteiger partial charge in [-0.05, 0) is 12.8 Å². The van der Waals surface area contributed by atoms with Crippen molar-refractivity contribution in [3.8, 4) is 0 Å². The van der Waals surface area contributed by atoms with E-state index in [1.54, 1.807) is 0 Å². The second-order valence-electron chi connectivity index (χ2n) is 8.66. The first-order valence-electron chi connectivity index (χ1n) is 11.8. The Morgan fingerprint density at radius 3 is 1.78 bits per heavy atom. The molecule has 0 aliphatic carbocycles. The van der Waals surface area contributed by atoms with Crippen LogP contribution in [0.2, 0.25) is 0 Å². The molecule has 0 amide bonds. The number of rotatable bonds is 15. The summed E-state index contributed by atoms with van der Waals surface area (Å²) in [4.78, 5) is 0. The van der Waals surface area contributed by atoms with Crippen LogP contribution in [0.5, 0.6) is 0 Å².